The lowest BCUT2D eigenvalue weighted by atomic mass is 10.1. The molecule has 1 fully saturated rings. The third-order valence-electron chi connectivity index (χ3n) is 5.16. The zero-order valence-electron chi connectivity index (χ0n) is 16.2. The maximum Gasteiger partial charge on any atom is 0.245 e. The van der Waals surface area contributed by atoms with E-state index in [4.69, 9.17) is 0 Å². The van der Waals surface area contributed by atoms with Crippen molar-refractivity contribution in [1.29, 1.82) is 0 Å². The molecule has 1 saturated heterocycles. The van der Waals surface area contributed by atoms with Crippen LogP contribution in [0.3, 0.4) is 0 Å². The highest BCUT2D eigenvalue weighted by atomic mass is 16.2. The molecule has 3 heterocycles. The number of rotatable bonds is 3. The number of hydrogen-bond donors (Lipinski definition) is 0. The van der Waals surface area contributed by atoms with Crippen LogP contribution in [0.2, 0.25) is 0 Å². The molecular weight excluding hydrogens is 340 g/mol. The first-order valence-electron chi connectivity index (χ1n) is 9.21. The molecule has 1 atom stereocenters. The van der Waals surface area contributed by atoms with Crippen LogP contribution in [0.25, 0.3) is 11.0 Å². The average molecular weight is 364 g/mol. The van der Waals surface area contributed by atoms with Gasteiger partial charge in [0.25, 0.3) is 0 Å². The van der Waals surface area contributed by atoms with E-state index in [1.54, 1.807) is 10.9 Å². The van der Waals surface area contributed by atoms with E-state index >= 15 is 0 Å². The highest BCUT2D eigenvalue weighted by Crippen LogP contribution is 2.27. The summed E-state index contributed by atoms with van der Waals surface area (Å²) in [5, 5.41) is 5.19. The fourth-order valence-corrected chi connectivity index (χ4v) is 3.74. The first-order valence-corrected chi connectivity index (χ1v) is 9.21. The van der Waals surface area contributed by atoms with Crippen molar-refractivity contribution in [2.45, 2.75) is 33.4 Å². The molecule has 7 heteroatoms. The Labute approximate surface area is 158 Å². The number of amides is 1. The van der Waals surface area contributed by atoms with Crippen LogP contribution in [0.4, 0.5) is 5.82 Å². The van der Waals surface area contributed by atoms with Crippen LogP contribution in [-0.4, -0.2) is 49.7 Å². The summed E-state index contributed by atoms with van der Waals surface area (Å²) in [4.78, 5) is 26.2. The van der Waals surface area contributed by atoms with Crippen LogP contribution in [0, 0.1) is 13.8 Å². The Morgan fingerprint density at radius 1 is 1.19 bits per heavy atom. The van der Waals surface area contributed by atoms with Crippen LogP contribution in [0.1, 0.15) is 23.9 Å². The minimum Gasteiger partial charge on any atom is -0.342 e. The maximum atomic E-state index is 13.0. The first-order chi connectivity index (χ1) is 12.9. The normalized spacial score (nSPS) is 17.8. The number of fused-ring (bicyclic) bond motifs is 1. The molecule has 0 radical (unpaired) electrons. The smallest absolute Gasteiger partial charge is 0.245 e. The summed E-state index contributed by atoms with van der Waals surface area (Å²) >= 11 is 0. The number of hydrogen-bond acceptors (Lipinski definition) is 5. The van der Waals surface area contributed by atoms with Gasteiger partial charge in [-0.05, 0) is 26.3 Å². The lowest BCUT2D eigenvalue weighted by Gasteiger charge is -2.40. The quantitative estimate of drug-likeness (QED) is 0.713. The van der Waals surface area contributed by atoms with Gasteiger partial charge in [0.2, 0.25) is 5.91 Å². The van der Waals surface area contributed by atoms with E-state index in [-0.39, 0.29) is 11.9 Å². The molecule has 0 bridgehead atoms. The summed E-state index contributed by atoms with van der Waals surface area (Å²) in [5.41, 5.74) is 3.16. The van der Waals surface area contributed by atoms with Gasteiger partial charge in [0.15, 0.2) is 5.65 Å². The van der Waals surface area contributed by atoms with Crippen molar-refractivity contribution < 1.29 is 4.79 Å². The summed E-state index contributed by atoms with van der Waals surface area (Å²) in [5.74, 6) is 1.60. The van der Waals surface area contributed by atoms with Crippen molar-refractivity contribution in [2.75, 3.05) is 18.0 Å². The summed E-state index contributed by atoms with van der Waals surface area (Å²) in [7, 11) is 1.87. The molecule has 7 nitrogen and oxygen atoms in total. The van der Waals surface area contributed by atoms with E-state index in [2.05, 4.69) is 45.1 Å². The molecule has 0 saturated carbocycles. The van der Waals surface area contributed by atoms with Crippen LogP contribution in [0.15, 0.2) is 30.5 Å². The Morgan fingerprint density at radius 2 is 2.00 bits per heavy atom. The molecule has 0 N–H and O–H groups in total. The molecule has 1 aromatic carbocycles. The number of piperazine rings is 1. The molecule has 1 amide bonds. The Hall–Kier alpha value is -2.96. The summed E-state index contributed by atoms with van der Waals surface area (Å²) in [6.45, 7) is 7.94. The van der Waals surface area contributed by atoms with Gasteiger partial charge in [-0.25, -0.2) is 9.97 Å². The molecule has 1 aliphatic heterocycles. The topological polar surface area (TPSA) is 67.2 Å². The van der Waals surface area contributed by atoms with Crippen molar-refractivity contribution in [3.05, 3.63) is 47.4 Å². The molecule has 2 aromatic heterocycles. The molecular formula is C20H24N6O. The van der Waals surface area contributed by atoms with E-state index in [0.29, 0.717) is 18.9 Å². The second kappa shape index (κ2) is 6.64. The van der Waals surface area contributed by atoms with Crippen molar-refractivity contribution >= 4 is 22.8 Å². The zero-order valence-corrected chi connectivity index (χ0v) is 16.2. The minimum absolute atomic E-state index is 0.121. The van der Waals surface area contributed by atoms with Crippen LogP contribution in [0.5, 0.6) is 0 Å². The van der Waals surface area contributed by atoms with Crippen molar-refractivity contribution in [1.82, 2.24) is 24.6 Å². The molecule has 0 spiro atoms. The summed E-state index contributed by atoms with van der Waals surface area (Å²) < 4.78 is 1.74. The van der Waals surface area contributed by atoms with Gasteiger partial charge >= 0.3 is 0 Å². The standard InChI is InChI=1S/C20H24N6O/c1-13-6-5-7-16(10-13)12-25-8-9-26(14(2)20(25)27)19-17-11-21-24(4)18(17)22-15(3)23-19/h5-7,10-11,14H,8-9,12H2,1-4H3/t14-/m1/s1. The minimum atomic E-state index is -0.277. The fourth-order valence-electron chi connectivity index (χ4n) is 3.74. The lowest BCUT2D eigenvalue weighted by Crippen LogP contribution is -2.55. The highest BCUT2D eigenvalue weighted by molar-refractivity contribution is 5.92. The SMILES string of the molecule is Cc1cccc(CN2CCN(c3nc(C)nc4c3cnn4C)[C@H](C)C2=O)c1. The van der Waals surface area contributed by atoms with Crippen LogP contribution >= 0.6 is 0 Å². The Kier molecular flexibility index (Phi) is 4.30. The second-order valence-corrected chi connectivity index (χ2v) is 7.22. The third-order valence-corrected chi connectivity index (χ3v) is 5.16. The fraction of sp³-hybridized carbons (Fsp3) is 0.400. The number of benzene rings is 1. The van der Waals surface area contributed by atoms with E-state index < -0.39 is 0 Å². The van der Waals surface area contributed by atoms with Gasteiger partial charge in [-0.15, -0.1) is 0 Å². The molecule has 0 unspecified atom stereocenters. The molecule has 4 rings (SSSR count). The van der Waals surface area contributed by atoms with Gasteiger partial charge in [-0.2, -0.15) is 5.10 Å². The first kappa shape index (κ1) is 17.5. The van der Waals surface area contributed by atoms with Gasteiger partial charge < -0.3 is 9.80 Å². The van der Waals surface area contributed by atoms with Crippen LogP contribution < -0.4 is 4.90 Å². The van der Waals surface area contributed by atoms with E-state index in [1.807, 2.05) is 31.9 Å². The number of anilines is 1. The van der Waals surface area contributed by atoms with Gasteiger partial charge in [0.1, 0.15) is 17.7 Å². The maximum absolute atomic E-state index is 13.0. The molecule has 140 valence electrons. The number of carbonyl (C=O) groups is 1. The highest BCUT2D eigenvalue weighted by Gasteiger charge is 2.33. The molecule has 0 aliphatic carbocycles. The number of carbonyl (C=O) groups excluding carboxylic acids is 1. The molecule has 3 aromatic rings. The molecule has 27 heavy (non-hydrogen) atoms. The number of nitrogens with zero attached hydrogens (tertiary/aromatic N) is 6. The van der Waals surface area contributed by atoms with Crippen LogP contribution in [-0.2, 0) is 18.4 Å². The summed E-state index contributed by atoms with van der Waals surface area (Å²) in [6, 6.07) is 8.04. The van der Waals surface area contributed by atoms with E-state index in [0.717, 1.165) is 29.0 Å². The molecule has 1 aliphatic rings. The van der Waals surface area contributed by atoms with Crippen molar-refractivity contribution in [3.63, 3.8) is 0 Å². The number of aryl methyl sites for hydroxylation is 3. The van der Waals surface area contributed by atoms with Gasteiger partial charge in [-0.1, -0.05) is 29.8 Å². The second-order valence-electron chi connectivity index (χ2n) is 7.22. The van der Waals surface area contributed by atoms with E-state index in [1.165, 1.54) is 5.56 Å². The van der Waals surface area contributed by atoms with Crippen molar-refractivity contribution in [2.24, 2.45) is 7.05 Å². The zero-order chi connectivity index (χ0) is 19.1. The Morgan fingerprint density at radius 3 is 2.78 bits per heavy atom. The third kappa shape index (κ3) is 3.13. The van der Waals surface area contributed by atoms with Gasteiger partial charge in [0, 0.05) is 26.7 Å². The lowest BCUT2D eigenvalue weighted by molar-refractivity contribution is -0.134. The largest absolute Gasteiger partial charge is 0.342 e. The Bertz CT molecular complexity index is 1010. The predicted octanol–water partition coefficient (Wildman–Crippen LogP) is 2.22. The summed E-state index contributed by atoms with van der Waals surface area (Å²) in [6.07, 6.45) is 1.78. The Balaban J connectivity index is 1.61. The monoisotopic (exact) mass is 364 g/mol. The van der Waals surface area contributed by atoms with E-state index in [9.17, 15) is 4.79 Å². The average Bonchev–Trinajstić information content (AvgIpc) is 3.00. The van der Waals surface area contributed by atoms with Crippen molar-refractivity contribution in [3.8, 4) is 0 Å². The van der Waals surface area contributed by atoms with Gasteiger partial charge in [0.05, 0.1) is 11.6 Å². The number of aromatic nitrogens is 4. The predicted molar refractivity (Wildman–Crippen MR) is 104 cm³/mol. The van der Waals surface area contributed by atoms with Gasteiger partial charge in [-0.3, -0.25) is 9.48 Å².